The van der Waals surface area contributed by atoms with Crippen molar-refractivity contribution >= 4 is 39.3 Å². The van der Waals surface area contributed by atoms with E-state index in [1.165, 1.54) is 0 Å². The predicted molar refractivity (Wildman–Crippen MR) is 74.1 cm³/mol. The van der Waals surface area contributed by atoms with Crippen LogP contribution in [0.15, 0.2) is 27.8 Å². The first-order valence-electron chi connectivity index (χ1n) is 5.24. The highest BCUT2D eigenvalue weighted by Crippen LogP contribution is 2.23. The zero-order chi connectivity index (χ0) is 13.5. The quantitative estimate of drug-likeness (QED) is 0.254. The molecule has 0 unspecified atom stereocenters. The number of halogens is 2. The predicted octanol–water partition coefficient (Wildman–Crippen LogP) is 2.36. The van der Waals surface area contributed by atoms with Gasteiger partial charge in [0.05, 0.1) is 5.02 Å². The molecular weight excluding hydrogens is 321 g/mol. The molecule has 0 aliphatic carbocycles. The summed E-state index contributed by atoms with van der Waals surface area (Å²) in [7, 11) is 0. The van der Waals surface area contributed by atoms with Crippen LogP contribution >= 0.6 is 27.5 Å². The lowest BCUT2D eigenvalue weighted by Crippen LogP contribution is -2.25. The molecule has 0 saturated carbocycles. The second kappa shape index (κ2) is 7.23. The molecule has 0 fully saturated rings. The van der Waals surface area contributed by atoms with Gasteiger partial charge in [0.2, 0.25) is 0 Å². The highest BCUT2D eigenvalue weighted by molar-refractivity contribution is 9.10. The summed E-state index contributed by atoms with van der Waals surface area (Å²) < 4.78 is 0.675. The van der Waals surface area contributed by atoms with Crippen molar-refractivity contribution in [3.05, 3.63) is 33.3 Å². The van der Waals surface area contributed by atoms with Crippen molar-refractivity contribution in [3.8, 4) is 0 Å². The molecule has 5 nitrogen and oxygen atoms in total. The number of nitrogens with two attached hydrogens (primary N) is 1. The Morgan fingerprint density at radius 2 is 2.28 bits per heavy atom. The molecule has 0 aromatic heterocycles. The van der Waals surface area contributed by atoms with Gasteiger partial charge in [-0.25, -0.2) is 0 Å². The molecule has 98 valence electrons. The van der Waals surface area contributed by atoms with Crippen LogP contribution in [-0.2, 0) is 0 Å². The van der Waals surface area contributed by atoms with Gasteiger partial charge >= 0.3 is 0 Å². The van der Waals surface area contributed by atoms with E-state index in [0.29, 0.717) is 34.4 Å². The van der Waals surface area contributed by atoms with E-state index >= 15 is 0 Å². The second-order valence-corrected chi connectivity index (χ2v) is 4.84. The third-order valence-corrected chi connectivity index (χ3v) is 3.42. The van der Waals surface area contributed by atoms with Crippen LogP contribution in [0.1, 0.15) is 23.2 Å². The Morgan fingerprint density at radius 1 is 1.56 bits per heavy atom. The van der Waals surface area contributed by atoms with E-state index in [1.54, 1.807) is 18.2 Å². The summed E-state index contributed by atoms with van der Waals surface area (Å²) >= 11 is 9.09. The first kappa shape index (κ1) is 14.8. The molecule has 0 saturated heterocycles. The summed E-state index contributed by atoms with van der Waals surface area (Å²) in [5.41, 5.74) is 5.83. The lowest BCUT2D eigenvalue weighted by molar-refractivity contribution is 0.0953. The molecule has 1 aromatic rings. The van der Waals surface area contributed by atoms with Crippen LogP contribution < -0.4 is 11.1 Å². The van der Waals surface area contributed by atoms with Crippen LogP contribution in [0.2, 0.25) is 5.02 Å². The molecule has 0 heterocycles. The van der Waals surface area contributed by atoms with Crippen molar-refractivity contribution in [1.29, 1.82) is 0 Å². The van der Waals surface area contributed by atoms with E-state index in [1.807, 2.05) is 0 Å². The third kappa shape index (κ3) is 4.54. The first-order valence-corrected chi connectivity index (χ1v) is 6.41. The topological polar surface area (TPSA) is 87.7 Å². The number of amides is 1. The average Bonchev–Trinajstić information content (AvgIpc) is 2.37. The fourth-order valence-electron chi connectivity index (χ4n) is 1.26. The fourth-order valence-corrected chi connectivity index (χ4v) is 1.76. The highest BCUT2D eigenvalue weighted by Gasteiger charge is 2.07. The van der Waals surface area contributed by atoms with Crippen LogP contribution in [0.4, 0.5) is 0 Å². The molecule has 18 heavy (non-hydrogen) atoms. The fraction of sp³-hybridized carbons (Fsp3) is 0.273. The van der Waals surface area contributed by atoms with Crippen molar-refractivity contribution in [1.82, 2.24) is 5.32 Å². The molecule has 0 bridgehead atoms. The zero-order valence-electron chi connectivity index (χ0n) is 9.49. The molecule has 0 aliphatic heterocycles. The SMILES string of the molecule is N/C(CCCNC(=O)c1ccc(Cl)c(Br)c1)=N/O. The number of oxime groups is 1. The molecule has 4 N–H and O–H groups in total. The van der Waals surface area contributed by atoms with Crippen LogP contribution in [0.25, 0.3) is 0 Å². The van der Waals surface area contributed by atoms with E-state index in [-0.39, 0.29) is 11.7 Å². The second-order valence-electron chi connectivity index (χ2n) is 3.58. The summed E-state index contributed by atoms with van der Waals surface area (Å²) in [5.74, 6) is -0.0367. The Hall–Kier alpha value is -1.27. The van der Waals surface area contributed by atoms with Crippen molar-refractivity contribution in [3.63, 3.8) is 0 Å². The molecule has 0 aliphatic rings. The van der Waals surface area contributed by atoms with Crippen LogP contribution in [-0.4, -0.2) is 23.5 Å². The van der Waals surface area contributed by atoms with E-state index < -0.39 is 0 Å². The minimum atomic E-state index is -0.188. The van der Waals surface area contributed by atoms with E-state index in [0.717, 1.165) is 0 Å². The van der Waals surface area contributed by atoms with Gasteiger partial charge in [0.25, 0.3) is 5.91 Å². The molecule has 1 amide bonds. The maximum Gasteiger partial charge on any atom is 0.251 e. The molecule has 0 spiro atoms. The smallest absolute Gasteiger partial charge is 0.251 e. The number of carbonyl (C=O) groups excluding carboxylic acids is 1. The number of benzene rings is 1. The molecule has 1 rings (SSSR count). The highest BCUT2D eigenvalue weighted by atomic mass is 79.9. The van der Waals surface area contributed by atoms with E-state index in [2.05, 4.69) is 26.4 Å². The largest absolute Gasteiger partial charge is 0.409 e. The number of amidine groups is 1. The minimum Gasteiger partial charge on any atom is -0.409 e. The molecule has 0 radical (unpaired) electrons. The Balaban J connectivity index is 2.43. The average molecular weight is 335 g/mol. The number of hydrogen-bond acceptors (Lipinski definition) is 3. The number of carbonyl (C=O) groups is 1. The van der Waals surface area contributed by atoms with Gasteiger partial charge in [-0.1, -0.05) is 16.8 Å². The number of rotatable bonds is 5. The van der Waals surface area contributed by atoms with E-state index in [4.69, 9.17) is 22.5 Å². The summed E-state index contributed by atoms with van der Waals surface area (Å²) in [6.45, 7) is 0.454. The van der Waals surface area contributed by atoms with Crippen LogP contribution in [0.3, 0.4) is 0 Å². The number of nitrogens with zero attached hydrogens (tertiary/aromatic N) is 1. The van der Waals surface area contributed by atoms with Crippen LogP contribution in [0, 0.1) is 0 Å². The van der Waals surface area contributed by atoms with Gasteiger partial charge in [-0.2, -0.15) is 0 Å². The molecular formula is C11H13BrClN3O2. The van der Waals surface area contributed by atoms with Gasteiger partial charge < -0.3 is 16.3 Å². The minimum absolute atomic E-state index is 0.151. The van der Waals surface area contributed by atoms with Gasteiger partial charge in [-0.15, -0.1) is 0 Å². The monoisotopic (exact) mass is 333 g/mol. The normalized spacial score (nSPS) is 11.3. The number of hydrogen-bond donors (Lipinski definition) is 3. The van der Waals surface area contributed by atoms with Gasteiger partial charge in [0, 0.05) is 23.0 Å². The van der Waals surface area contributed by atoms with Crippen molar-refractivity contribution < 1.29 is 10.0 Å². The Morgan fingerprint density at radius 3 is 2.89 bits per heavy atom. The van der Waals surface area contributed by atoms with Gasteiger partial charge in [0.1, 0.15) is 5.84 Å². The number of nitrogens with one attached hydrogen (secondary N) is 1. The maximum atomic E-state index is 11.7. The summed E-state index contributed by atoms with van der Waals surface area (Å²) in [4.78, 5) is 11.7. The van der Waals surface area contributed by atoms with Gasteiger partial charge in [0.15, 0.2) is 0 Å². The van der Waals surface area contributed by atoms with Crippen molar-refractivity contribution in [2.45, 2.75) is 12.8 Å². The molecule has 7 heteroatoms. The van der Waals surface area contributed by atoms with E-state index in [9.17, 15) is 4.79 Å². The summed E-state index contributed by atoms with van der Waals surface area (Å²) in [5, 5.41) is 14.5. The third-order valence-electron chi connectivity index (χ3n) is 2.21. The summed E-state index contributed by atoms with van der Waals surface area (Å²) in [6, 6.07) is 4.95. The molecule has 0 atom stereocenters. The zero-order valence-corrected chi connectivity index (χ0v) is 11.8. The molecule has 1 aromatic carbocycles. The van der Waals surface area contributed by atoms with Crippen LogP contribution in [0.5, 0.6) is 0 Å². The summed E-state index contributed by atoms with van der Waals surface area (Å²) in [6.07, 6.45) is 1.04. The maximum absolute atomic E-state index is 11.7. The Kier molecular flexibility index (Phi) is 5.94. The Labute approximate surface area is 118 Å². The van der Waals surface area contributed by atoms with Crippen molar-refractivity contribution in [2.75, 3.05) is 6.54 Å². The van der Waals surface area contributed by atoms with Gasteiger partial charge in [-0.05, 0) is 40.5 Å². The van der Waals surface area contributed by atoms with Gasteiger partial charge in [-0.3, -0.25) is 4.79 Å². The standard InChI is InChI=1S/C11H13BrClN3O2/c12-8-6-7(3-4-9(8)13)11(17)15-5-1-2-10(14)16-18/h3-4,6,18H,1-2,5H2,(H2,14,16)(H,15,17). The lowest BCUT2D eigenvalue weighted by atomic mass is 10.2. The van der Waals surface area contributed by atoms with Crippen molar-refractivity contribution in [2.24, 2.45) is 10.9 Å². The lowest BCUT2D eigenvalue weighted by Gasteiger charge is -2.05. The Bertz CT molecular complexity index is 466. The first-order chi connectivity index (χ1) is 8.54.